The zero-order valence-corrected chi connectivity index (χ0v) is 16.4. The minimum Gasteiger partial charge on any atom is -0.500 e. The third-order valence-electron chi connectivity index (χ3n) is 5.76. The van der Waals surface area contributed by atoms with Crippen LogP contribution in [-0.4, -0.2) is 5.48 Å². The Kier molecular flexibility index (Phi) is 6.47. The number of hydrogen-bond acceptors (Lipinski definition) is 0. The summed E-state index contributed by atoms with van der Waals surface area (Å²) >= 11 is 0. The van der Waals surface area contributed by atoms with Crippen LogP contribution in [0.5, 0.6) is 0 Å². The van der Waals surface area contributed by atoms with E-state index < -0.39 is 0 Å². The fourth-order valence-electron chi connectivity index (χ4n) is 4.10. The van der Waals surface area contributed by atoms with E-state index in [1.54, 1.807) is 5.57 Å². The summed E-state index contributed by atoms with van der Waals surface area (Å²) in [5, 5.41) is 0. The van der Waals surface area contributed by atoms with E-state index >= 15 is 0 Å². The second-order valence-electron chi connectivity index (χ2n) is 6.43. The third-order valence-corrected chi connectivity index (χ3v) is 5.76. The normalized spacial score (nSPS) is 42.8. The summed E-state index contributed by atoms with van der Waals surface area (Å²) in [5.74, 6) is 1.37. The van der Waals surface area contributed by atoms with Crippen LogP contribution in [0, 0.1) is 59.9 Å². The quantitative estimate of drug-likeness (QED) is 0.408. The summed E-state index contributed by atoms with van der Waals surface area (Å²) in [7, 11) is 0. The molecule has 0 aromatic heterocycles. The first-order chi connectivity index (χ1) is 7.44. The molecule has 0 spiro atoms. The van der Waals surface area contributed by atoms with Gasteiger partial charge in [0.05, 0.1) is 0 Å². The fourth-order valence-corrected chi connectivity index (χ4v) is 4.10. The molecule has 1 fully saturated rings. The van der Waals surface area contributed by atoms with Gasteiger partial charge in [0.2, 0.25) is 0 Å². The van der Waals surface area contributed by atoms with Crippen molar-refractivity contribution in [1.29, 1.82) is 0 Å². The van der Waals surface area contributed by atoms with Gasteiger partial charge < -0.3 is 11.6 Å². The van der Waals surface area contributed by atoms with Crippen molar-refractivity contribution in [3.8, 4) is 0 Å². The van der Waals surface area contributed by atoms with Crippen LogP contribution in [0.1, 0.15) is 53.4 Å². The smallest absolute Gasteiger partial charge is 0 e. The van der Waals surface area contributed by atoms with Crippen molar-refractivity contribution in [2.45, 2.75) is 53.4 Å². The van der Waals surface area contributed by atoms with Crippen molar-refractivity contribution in [3.63, 3.8) is 0 Å². The molecule has 0 unspecified atom stereocenters. The van der Waals surface area contributed by atoms with Gasteiger partial charge in [-0.3, -0.25) is 6.58 Å². The van der Waals surface area contributed by atoms with Crippen molar-refractivity contribution >= 4 is 0 Å². The van der Waals surface area contributed by atoms with Crippen molar-refractivity contribution in [1.82, 2.24) is 0 Å². The SMILES string of the molecule is C=[C-][C@@H]1CC[C@@H](C)[C@]2(C)CCC(C)=C[C@]12C.O.[U]. The molecule has 2 heteroatoms. The Morgan fingerprint density at radius 1 is 1.33 bits per heavy atom. The van der Waals surface area contributed by atoms with Crippen LogP contribution >= 0.6 is 0 Å². The minimum absolute atomic E-state index is 0. The molecule has 0 aromatic carbocycles. The van der Waals surface area contributed by atoms with Crippen LogP contribution in [0.25, 0.3) is 0 Å². The average Bonchev–Trinajstić information content (AvgIpc) is 2.23. The molecule has 0 saturated heterocycles. The average molecular weight is 473 g/mol. The van der Waals surface area contributed by atoms with Crippen molar-refractivity contribution < 1.29 is 36.6 Å². The van der Waals surface area contributed by atoms with E-state index in [0.717, 1.165) is 5.92 Å². The summed E-state index contributed by atoms with van der Waals surface area (Å²) in [6, 6.07) is 0. The fraction of sp³-hybridized carbons (Fsp3) is 0.750. The van der Waals surface area contributed by atoms with Crippen molar-refractivity contribution in [3.05, 3.63) is 24.3 Å². The molecule has 1 nitrogen and oxygen atoms in total. The number of fused-ring (bicyclic) bond motifs is 1. The van der Waals surface area contributed by atoms with E-state index in [2.05, 4.69) is 46.4 Å². The van der Waals surface area contributed by atoms with Crippen LogP contribution in [0.2, 0.25) is 0 Å². The second-order valence-corrected chi connectivity index (χ2v) is 6.43. The Morgan fingerprint density at radius 2 is 1.94 bits per heavy atom. The molecule has 1 saturated carbocycles. The third kappa shape index (κ3) is 2.54. The van der Waals surface area contributed by atoms with Gasteiger partial charge in [0, 0.05) is 31.1 Å². The standard InChI is InChI=1S/C16H25.H2O.U/c1-6-14-8-7-13(3)15(4)10-9-12(2)11-16(14,15)5;;/h11,13-14H,1,7-10H2,2-5H3;1H2;/q-1;;/t13-,14-,15+,16-;;/m1../s1. The predicted octanol–water partition coefficient (Wildman–Crippen LogP) is 3.95. The number of hydrogen-bond donors (Lipinski definition) is 0. The number of allylic oxidation sites excluding steroid dienone is 3. The first-order valence-electron chi connectivity index (χ1n) is 6.65. The van der Waals surface area contributed by atoms with Crippen LogP contribution in [0.4, 0.5) is 0 Å². The molecule has 0 bridgehead atoms. The second kappa shape index (κ2) is 6.29. The van der Waals surface area contributed by atoms with Gasteiger partial charge in [-0.1, -0.05) is 45.3 Å². The van der Waals surface area contributed by atoms with Crippen LogP contribution in [0.3, 0.4) is 0 Å². The molecule has 0 amide bonds. The Bertz CT molecular complexity index is 336. The van der Waals surface area contributed by atoms with E-state index in [9.17, 15) is 0 Å². The first-order valence-corrected chi connectivity index (χ1v) is 6.65. The maximum atomic E-state index is 3.95. The predicted molar refractivity (Wildman–Crippen MR) is 73.6 cm³/mol. The van der Waals surface area contributed by atoms with E-state index in [1.165, 1.54) is 25.7 Å². The largest absolute Gasteiger partial charge is 0.500 e. The minimum atomic E-state index is 0. The summed E-state index contributed by atoms with van der Waals surface area (Å²) in [6.45, 7) is 13.6. The summed E-state index contributed by atoms with van der Waals surface area (Å²) < 4.78 is 0. The molecule has 0 aliphatic heterocycles. The molecule has 102 valence electrons. The van der Waals surface area contributed by atoms with E-state index in [0.29, 0.717) is 11.3 Å². The maximum Gasteiger partial charge on any atom is 0 e. The van der Waals surface area contributed by atoms with E-state index in [4.69, 9.17) is 0 Å². The molecular weight excluding hydrogens is 446 g/mol. The molecular formula is C16H27OU-. The van der Waals surface area contributed by atoms with Crippen molar-refractivity contribution in [2.75, 3.05) is 0 Å². The molecule has 0 aromatic rings. The number of rotatable bonds is 1. The zero-order chi connectivity index (χ0) is 12.0. The van der Waals surface area contributed by atoms with Crippen LogP contribution < -0.4 is 0 Å². The van der Waals surface area contributed by atoms with E-state index in [-0.39, 0.29) is 42.0 Å². The molecule has 2 aliphatic carbocycles. The van der Waals surface area contributed by atoms with Crippen LogP contribution in [0.15, 0.2) is 18.2 Å². The Hall–Kier alpha value is 0.492. The molecule has 0 radical (unpaired) electrons. The first kappa shape index (κ1) is 18.5. The zero-order valence-electron chi connectivity index (χ0n) is 12.3. The molecule has 4 atom stereocenters. The van der Waals surface area contributed by atoms with Gasteiger partial charge in [0.1, 0.15) is 0 Å². The van der Waals surface area contributed by atoms with Gasteiger partial charge in [0.25, 0.3) is 0 Å². The van der Waals surface area contributed by atoms with Crippen LogP contribution in [-0.2, 0) is 0 Å². The summed E-state index contributed by atoms with van der Waals surface area (Å²) in [5.41, 5.74) is 2.30. The maximum absolute atomic E-state index is 3.95. The Labute approximate surface area is 136 Å². The molecule has 2 aliphatic rings. The Balaban J connectivity index is 0.00000144. The van der Waals surface area contributed by atoms with Crippen molar-refractivity contribution in [2.24, 2.45) is 22.7 Å². The summed E-state index contributed by atoms with van der Waals surface area (Å²) in [6.07, 6.45) is 11.1. The van der Waals surface area contributed by atoms with Gasteiger partial charge in [-0.2, -0.15) is 5.92 Å². The molecule has 2 rings (SSSR count). The van der Waals surface area contributed by atoms with Gasteiger partial charge in [-0.05, 0) is 36.5 Å². The van der Waals surface area contributed by atoms with Gasteiger partial charge in [-0.25, -0.2) is 0 Å². The summed E-state index contributed by atoms with van der Waals surface area (Å²) in [4.78, 5) is 0. The molecule has 18 heavy (non-hydrogen) atoms. The van der Waals surface area contributed by atoms with Gasteiger partial charge in [-0.15, -0.1) is 0 Å². The van der Waals surface area contributed by atoms with Gasteiger partial charge in [0.15, 0.2) is 0 Å². The monoisotopic (exact) mass is 473 g/mol. The molecule has 2 N–H and O–H groups in total. The Morgan fingerprint density at radius 3 is 2.50 bits per heavy atom. The molecule has 0 heterocycles. The van der Waals surface area contributed by atoms with E-state index in [1.807, 2.05) is 0 Å². The topological polar surface area (TPSA) is 31.5 Å². The van der Waals surface area contributed by atoms with Gasteiger partial charge >= 0.3 is 0 Å².